The van der Waals surface area contributed by atoms with Gasteiger partial charge in [-0.2, -0.15) is 0 Å². The van der Waals surface area contributed by atoms with Crippen LogP contribution in [0.4, 0.5) is 0 Å². The second kappa shape index (κ2) is 7.63. The summed E-state index contributed by atoms with van der Waals surface area (Å²) in [5.41, 5.74) is 1.12. The number of hydrogen-bond acceptors (Lipinski definition) is 5. The predicted octanol–water partition coefficient (Wildman–Crippen LogP) is 2.56. The van der Waals surface area contributed by atoms with Gasteiger partial charge < -0.3 is 9.73 Å². The van der Waals surface area contributed by atoms with Crippen LogP contribution in [0.25, 0.3) is 0 Å². The van der Waals surface area contributed by atoms with Crippen molar-refractivity contribution in [2.75, 3.05) is 25.9 Å². The summed E-state index contributed by atoms with van der Waals surface area (Å²) in [5, 5.41) is 2.95. The number of furan rings is 1. The van der Waals surface area contributed by atoms with E-state index in [1.165, 1.54) is 12.1 Å². The number of amides is 1. The lowest BCUT2D eigenvalue weighted by atomic mass is 10.1. The molecule has 1 unspecified atom stereocenters. The average molecular weight is 376 g/mol. The number of aryl methyl sites for hydroxylation is 1. The molecule has 7 heteroatoms. The normalized spacial score (nSPS) is 16.5. The zero-order valence-corrected chi connectivity index (χ0v) is 15.9. The van der Waals surface area contributed by atoms with Gasteiger partial charge in [-0.3, -0.25) is 9.69 Å². The first-order valence-corrected chi connectivity index (χ1v) is 10.6. The Kier molecular flexibility index (Phi) is 5.48. The van der Waals surface area contributed by atoms with Gasteiger partial charge in [-0.1, -0.05) is 6.07 Å². The highest BCUT2D eigenvalue weighted by Crippen LogP contribution is 2.25. The lowest BCUT2D eigenvalue weighted by Gasteiger charge is -2.26. The minimum atomic E-state index is -3.36. The van der Waals surface area contributed by atoms with Crippen molar-refractivity contribution in [2.24, 2.45) is 0 Å². The lowest BCUT2D eigenvalue weighted by Crippen LogP contribution is -2.36. The zero-order chi connectivity index (χ0) is 18.7. The largest absolute Gasteiger partial charge is 0.468 e. The second-order valence-corrected chi connectivity index (χ2v) is 8.75. The van der Waals surface area contributed by atoms with Crippen molar-refractivity contribution in [2.45, 2.75) is 30.7 Å². The number of carbonyl (C=O) groups excluding carboxylic acids is 1. The van der Waals surface area contributed by atoms with Gasteiger partial charge in [0.05, 0.1) is 17.2 Å². The maximum Gasteiger partial charge on any atom is 0.251 e. The molecule has 3 rings (SSSR count). The van der Waals surface area contributed by atoms with Gasteiger partial charge in [-0.25, -0.2) is 8.42 Å². The number of hydrogen-bond donors (Lipinski definition) is 1. The van der Waals surface area contributed by atoms with Crippen molar-refractivity contribution in [3.8, 4) is 0 Å². The van der Waals surface area contributed by atoms with Crippen LogP contribution < -0.4 is 5.32 Å². The molecule has 1 N–H and O–H groups in total. The predicted molar refractivity (Wildman–Crippen MR) is 98.9 cm³/mol. The molecule has 6 nitrogen and oxygen atoms in total. The van der Waals surface area contributed by atoms with E-state index in [4.69, 9.17) is 4.42 Å². The summed E-state index contributed by atoms with van der Waals surface area (Å²) in [6, 6.07) is 8.38. The fraction of sp³-hybridized carbons (Fsp3) is 0.421. The molecule has 2 aromatic rings. The van der Waals surface area contributed by atoms with Crippen molar-refractivity contribution in [3.05, 3.63) is 53.5 Å². The van der Waals surface area contributed by atoms with E-state index in [0.717, 1.165) is 43.5 Å². The number of benzene rings is 1. The third-order valence-corrected chi connectivity index (χ3v) is 5.90. The van der Waals surface area contributed by atoms with Gasteiger partial charge >= 0.3 is 0 Å². The Bertz CT molecular complexity index is 869. The van der Waals surface area contributed by atoms with Crippen molar-refractivity contribution in [3.63, 3.8) is 0 Å². The van der Waals surface area contributed by atoms with E-state index in [9.17, 15) is 13.2 Å². The number of nitrogens with zero attached hydrogens (tertiary/aromatic N) is 1. The van der Waals surface area contributed by atoms with E-state index in [0.29, 0.717) is 12.1 Å². The monoisotopic (exact) mass is 376 g/mol. The molecule has 26 heavy (non-hydrogen) atoms. The molecule has 0 saturated carbocycles. The second-order valence-electron chi connectivity index (χ2n) is 6.73. The Hall–Kier alpha value is -2.12. The van der Waals surface area contributed by atoms with Gasteiger partial charge in [0.25, 0.3) is 5.91 Å². The Morgan fingerprint density at radius 3 is 2.62 bits per heavy atom. The number of rotatable bonds is 6. The molecule has 1 aliphatic rings. The molecular formula is C19H24N2O4S. The van der Waals surface area contributed by atoms with Crippen LogP contribution in [0.15, 0.2) is 45.9 Å². The highest BCUT2D eigenvalue weighted by molar-refractivity contribution is 7.90. The topological polar surface area (TPSA) is 79.6 Å². The van der Waals surface area contributed by atoms with Crippen LogP contribution in [0, 0.1) is 6.92 Å². The molecule has 1 aromatic heterocycles. The summed E-state index contributed by atoms with van der Waals surface area (Å²) in [5.74, 6) is 0.553. The molecule has 1 saturated heterocycles. The Labute approximate surface area is 154 Å². The van der Waals surface area contributed by atoms with Crippen LogP contribution in [0.1, 0.15) is 40.6 Å². The summed E-state index contributed by atoms with van der Waals surface area (Å²) < 4.78 is 29.1. The molecule has 1 atom stereocenters. The summed E-state index contributed by atoms with van der Waals surface area (Å²) in [4.78, 5) is 15.1. The maximum atomic E-state index is 12.7. The van der Waals surface area contributed by atoms with Crippen LogP contribution in [0.5, 0.6) is 0 Å². The van der Waals surface area contributed by atoms with Gasteiger partial charge in [-0.15, -0.1) is 0 Å². The fourth-order valence-corrected chi connectivity index (χ4v) is 3.95. The van der Waals surface area contributed by atoms with E-state index < -0.39 is 9.84 Å². The number of sulfone groups is 1. The van der Waals surface area contributed by atoms with E-state index in [2.05, 4.69) is 10.2 Å². The van der Waals surface area contributed by atoms with Gasteiger partial charge in [0.1, 0.15) is 5.76 Å². The molecule has 0 bridgehead atoms. The minimum Gasteiger partial charge on any atom is -0.468 e. The van der Waals surface area contributed by atoms with Crippen LogP contribution in [-0.2, 0) is 9.84 Å². The summed E-state index contributed by atoms with van der Waals surface area (Å²) in [7, 11) is -3.36. The lowest BCUT2D eigenvalue weighted by molar-refractivity contribution is 0.0933. The average Bonchev–Trinajstić information content (AvgIpc) is 3.28. The van der Waals surface area contributed by atoms with E-state index in [-0.39, 0.29) is 16.8 Å². The van der Waals surface area contributed by atoms with Crippen molar-refractivity contribution >= 4 is 15.7 Å². The molecule has 1 aliphatic heterocycles. The van der Waals surface area contributed by atoms with Crippen LogP contribution in [-0.4, -0.2) is 45.1 Å². The molecule has 0 spiro atoms. The molecule has 140 valence electrons. The smallest absolute Gasteiger partial charge is 0.251 e. The van der Waals surface area contributed by atoms with Crippen molar-refractivity contribution in [1.29, 1.82) is 0 Å². The van der Waals surface area contributed by atoms with Crippen LogP contribution in [0.3, 0.4) is 0 Å². The highest BCUT2D eigenvalue weighted by Gasteiger charge is 2.26. The minimum absolute atomic E-state index is 0.0187. The molecule has 1 amide bonds. The van der Waals surface area contributed by atoms with Crippen LogP contribution in [0.2, 0.25) is 0 Å². The first-order valence-electron chi connectivity index (χ1n) is 8.72. The molecule has 1 fully saturated rings. The molecule has 1 aromatic carbocycles. The Morgan fingerprint density at radius 1 is 1.27 bits per heavy atom. The molecule has 0 radical (unpaired) electrons. The van der Waals surface area contributed by atoms with E-state index in [1.807, 2.05) is 12.1 Å². The quantitative estimate of drug-likeness (QED) is 0.838. The standard InChI is InChI=1S/C19H24N2O4S/c1-14-7-8-15(26(2,23)24)12-16(14)19(22)20-13-17(18-6-5-11-25-18)21-9-3-4-10-21/h5-8,11-12,17H,3-4,9-10,13H2,1-2H3,(H,20,22). The number of nitrogens with one attached hydrogen (secondary N) is 1. The maximum absolute atomic E-state index is 12.7. The molecular weight excluding hydrogens is 352 g/mol. The van der Waals surface area contributed by atoms with E-state index >= 15 is 0 Å². The first-order chi connectivity index (χ1) is 12.4. The van der Waals surface area contributed by atoms with Gasteiger partial charge in [0.2, 0.25) is 0 Å². The summed E-state index contributed by atoms with van der Waals surface area (Å²) in [6.07, 6.45) is 5.06. The third-order valence-electron chi connectivity index (χ3n) is 4.79. The Morgan fingerprint density at radius 2 is 2.00 bits per heavy atom. The Balaban J connectivity index is 1.76. The number of carbonyl (C=O) groups is 1. The van der Waals surface area contributed by atoms with Gasteiger partial charge in [0, 0.05) is 18.4 Å². The van der Waals surface area contributed by atoms with Crippen LogP contribution >= 0.6 is 0 Å². The summed E-state index contributed by atoms with van der Waals surface area (Å²) in [6.45, 7) is 4.16. The summed E-state index contributed by atoms with van der Waals surface area (Å²) >= 11 is 0. The molecule has 0 aliphatic carbocycles. The van der Waals surface area contributed by atoms with Gasteiger partial charge in [0.15, 0.2) is 9.84 Å². The van der Waals surface area contributed by atoms with Gasteiger partial charge in [-0.05, 0) is 62.7 Å². The number of likely N-dealkylation sites (tertiary alicyclic amines) is 1. The zero-order valence-electron chi connectivity index (χ0n) is 15.1. The molecule has 2 heterocycles. The third kappa shape index (κ3) is 4.16. The van der Waals surface area contributed by atoms with Crippen molar-refractivity contribution < 1.29 is 17.6 Å². The van der Waals surface area contributed by atoms with E-state index in [1.54, 1.807) is 19.3 Å². The fourth-order valence-electron chi connectivity index (χ4n) is 3.30. The van der Waals surface area contributed by atoms with Crippen molar-refractivity contribution in [1.82, 2.24) is 10.2 Å². The SMILES string of the molecule is Cc1ccc(S(C)(=O)=O)cc1C(=O)NCC(c1ccco1)N1CCCC1. The highest BCUT2D eigenvalue weighted by atomic mass is 32.2. The first kappa shape index (κ1) is 18.7.